The summed E-state index contributed by atoms with van der Waals surface area (Å²) in [7, 11) is -3.71. The number of fused-ring (bicyclic) bond motifs is 1. The number of halogens is 2. The molecule has 0 unspecified atom stereocenters. The Kier molecular flexibility index (Phi) is 6.02. The largest absolute Gasteiger partial charge is 0.299 e. The molecule has 0 amide bonds. The first-order valence-corrected chi connectivity index (χ1v) is 10.4. The lowest BCUT2D eigenvalue weighted by atomic mass is 10.00. The van der Waals surface area contributed by atoms with Gasteiger partial charge in [0.05, 0.1) is 10.0 Å². The Morgan fingerprint density at radius 3 is 2.40 bits per heavy atom. The Morgan fingerprint density at radius 1 is 1.00 bits per heavy atom. The molecule has 1 aliphatic rings. The second-order valence-electron chi connectivity index (χ2n) is 6.10. The summed E-state index contributed by atoms with van der Waals surface area (Å²) in [5.41, 5.74) is 2.77. The number of hydrogen-bond acceptors (Lipinski definition) is 3. The first kappa shape index (κ1) is 18.7. The third-order valence-corrected chi connectivity index (χ3v) is 6.76. The van der Waals surface area contributed by atoms with Gasteiger partial charge in [-0.1, -0.05) is 53.5 Å². The van der Waals surface area contributed by atoms with Crippen LogP contribution in [0.5, 0.6) is 0 Å². The van der Waals surface area contributed by atoms with Crippen LogP contribution < -0.4 is 4.72 Å². The average Bonchev–Trinajstić information content (AvgIpc) is 2.58. The standard InChI is InChI=1S/C18H20Cl2N2O2S/c19-16-7-3-8-17(20)18(16)25(23,24)21-10-4-11-22-12-9-14-5-1-2-6-15(14)13-22/h1-3,5-8,21H,4,9-13H2. The van der Waals surface area contributed by atoms with Gasteiger partial charge in [-0.25, -0.2) is 13.1 Å². The van der Waals surface area contributed by atoms with Gasteiger partial charge >= 0.3 is 0 Å². The molecule has 134 valence electrons. The van der Waals surface area contributed by atoms with Crippen LogP contribution in [0, 0.1) is 0 Å². The summed E-state index contributed by atoms with van der Waals surface area (Å²) in [5.74, 6) is 0. The molecule has 0 fully saturated rings. The summed E-state index contributed by atoms with van der Waals surface area (Å²) >= 11 is 12.0. The van der Waals surface area contributed by atoms with Crippen LogP contribution >= 0.6 is 23.2 Å². The molecular weight excluding hydrogens is 379 g/mol. The van der Waals surface area contributed by atoms with Crippen LogP contribution in [0.4, 0.5) is 0 Å². The minimum absolute atomic E-state index is 0.0507. The van der Waals surface area contributed by atoms with Gasteiger partial charge in [0.25, 0.3) is 0 Å². The van der Waals surface area contributed by atoms with Crippen molar-refractivity contribution in [2.24, 2.45) is 0 Å². The lowest BCUT2D eigenvalue weighted by molar-refractivity contribution is 0.251. The van der Waals surface area contributed by atoms with E-state index < -0.39 is 10.0 Å². The molecule has 2 aromatic carbocycles. The number of sulfonamides is 1. The molecule has 4 nitrogen and oxygen atoms in total. The number of nitrogens with zero attached hydrogens (tertiary/aromatic N) is 1. The van der Waals surface area contributed by atoms with Gasteiger partial charge < -0.3 is 0 Å². The summed E-state index contributed by atoms with van der Waals surface area (Å²) in [6.07, 6.45) is 1.76. The van der Waals surface area contributed by atoms with Crippen molar-refractivity contribution in [2.75, 3.05) is 19.6 Å². The maximum atomic E-state index is 12.4. The zero-order valence-corrected chi connectivity index (χ0v) is 16.0. The van der Waals surface area contributed by atoms with E-state index in [1.54, 1.807) is 6.07 Å². The Labute approximate surface area is 158 Å². The highest BCUT2D eigenvalue weighted by Gasteiger charge is 2.21. The smallest absolute Gasteiger partial charge is 0.243 e. The van der Waals surface area contributed by atoms with Crippen LogP contribution in [-0.2, 0) is 23.0 Å². The van der Waals surface area contributed by atoms with E-state index >= 15 is 0 Å². The topological polar surface area (TPSA) is 49.4 Å². The molecule has 0 atom stereocenters. The van der Waals surface area contributed by atoms with E-state index in [2.05, 4.69) is 33.9 Å². The molecule has 0 spiro atoms. The number of rotatable bonds is 6. The van der Waals surface area contributed by atoms with Gasteiger partial charge in [0.2, 0.25) is 10.0 Å². The summed E-state index contributed by atoms with van der Waals surface area (Å²) in [6.45, 7) is 3.11. The SMILES string of the molecule is O=S(=O)(NCCCN1CCc2ccccc2C1)c1c(Cl)cccc1Cl. The van der Waals surface area contributed by atoms with Gasteiger partial charge in [-0.3, -0.25) is 4.90 Å². The van der Waals surface area contributed by atoms with Crippen molar-refractivity contribution in [3.63, 3.8) is 0 Å². The normalized spacial score (nSPS) is 15.1. The van der Waals surface area contributed by atoms with Crippen LogP contribution in [0.2, 0.25) is 10.0 Å². The molecule has 25 heavy (non-hydrogen) atoms. The summed E-state index contributed by atoms with van der Waals surface area (Å²) in [6, 6.07) is 13.1. The third-order valence-electron chi connectivity index (χ3n) is 4.34. The van der Waals surface area contributed by atoms with Gasteiger partial charge in [0.1, 0.15) is 4.90 Å². The number of nitrogens with one attached hydrogen (secondary N) is 1. The number of hydrogen-bond donors (Lipinski definition) is 1. The highest BCUT2D eigenvalue weighted by molar-refractivity contribution is 7.89. The minimum atomic E-state index is -3.71. The van der Waals surface area contributed by atoms with Crippen LogP contribution in [-0.4, -0.2) is 33.0 Å². The molecule has 2 aromatic rings. The number of benzene rings is 2. The predicted molar refractivity (Wildman–Crippen MR) is 102 cm³/mol. The van der Waals surface area contributed by atoms with Gasteiger partial charge in [-0.15, -0.1) is 0 Å². The fourth-order valence-corrected chi connectivity index (χ4v) is 5.28. The zero-order valence-electron chi connectivity index (χ0n) is 13.7. The highest BCUT2D eigenvalue weighted by atomic mass is 35.5. The van der Waals surface area contributed by atoms with E-state index in [1.165, 1.54) is 23.3 Å². The molecule has 3 rings (SSSR count). The fraction of sp³-hybridized carbons (Fsp3) is 0.333. The molecule has 1 aliphatic heterocycles. The molecule has 0 radical (unpaired) electrons. The lowest BCUT2D eigenvalue weighted by Gasteiger charge is -2.28. The van der Waals surface area contributed by atoms with Gasteiger partial charge in [-0.2, -0.15) is 0 Å². The van der Waals surface area contributed by atoms with Gasteiger partial charge in [0.15, 0.2) is 0 Å². The Bertz CT molecular complexity index is 836. The van der Waals surface area contributed by atoms with E-state index in [4.69, 9.17) is 23.2 Å². The van der Waals surface area contributed by atoms with E-state index in [0.717, 1.165) is 32.5 Å². The molecule has 0 bridgehead atoms. The first-order valence-electron chi connectivity index (χ1n) is 8.20. The van der Waals surface area contributed by atoms with E-state index in [1.807, 2.05) is 0 Å². The molecule has 1 N–H and O–H groups in total. The lowest BCUT2D eigenvalue weighted by Crippen LogP contribution is -2.33. The third kappa shape index (κ3) is 4.54. The van der Waals surface area contributed by atoms with Crippen molar-refractivity contribution in [1.82, 2.24) is 9.62 Å². The van der Waals surface area contributed by atoms with Crippen molar-refractivity contribution < 1.29 is 8.42 Å². The zero-order chi connectivity index (χ0) is 17.9. The van der Waals surface area contributed by atoms with Crippen molar-refractivity contribution >= 4 is 33.2 Å². The van der Waals surface area contributed by atoms with Crippen molar-refractivity contribution in [1.29, 1.82) is 0 Å². The maximum absolute atomic E-state index is 12.4. The van der Waals surface area contributed by atoms with Crippen molar-refractivity contribution in [2.45, 2.75) is 24.3 Å². The second-order valence-corrected chi connectivity index (χ2v) is 8.62. The Hall–Kier alpha value is -1.11. The monoisotopic (exact) mass is 398 g/mol. The molecule has 7 heteroatoms. The second kappa shape index (κ2) is 8.06. The molecule has 1 heterocycles. The van der Waals surface area contributed by atoms with Gasteiger partial charge in [-0.05, 0) is 42.6 Å². The predicted octanol–water partition coefficient (Wildman–Crippen LogP) is 3.72. The van der Waals surface area contributed by atoms with E-state index in [9.17, 15) is 8.42 Å². The molecule has 0 aliphatic carbocycles. The maximum Gasteiger partial charge on any atom is 0.243 e. The minimum Gasteiger partial charge on any atom is -0.299 e. The average molecular weight is 399 g/mol. The van der Waals surface area contributed by atoms with Crippen LogP contribution in [0.15, 0.2) is 47.4 Å². The van der Waals surface area contributed by atoms with Crippen molar-refractivity contribution in [3.8, 4) is 0 Å². The summed E-state index contributed by atoms with van der Waals surface area (Å²) in [4.78, 5) is 2.30. The Balaban J connectivity index is 1.52. The highest BCUT2D eigenvalue weighted by Crippen LogP contribution is 2.28. The van der Waals surface area contributed by atoms with Crippen molar-refractivity contribution in [3.05, 3.63) is 63.6 Å². The molecular formula is C18H20Cl2N2O2S. The van der Waals surface area contributed by atoms with Crippen LogP contribution in [0.1, 0.15) is 17.5 Å². The summed E-state index contributed by atoms with van der Waals surface area (Å²) in [5, 5.41) is 0.264. The molecule has 0 aromatic heterocycles. The van der Waals surface area contributed by atoms with Crippen LogP contribution in [0.25, 0.3) is 0 Å². The summed E-state index contributed by atoms with van der Waals surface area (Å²) < 4.78 is 27.4. The van der Waals surface area contributed by atoms with E-state index in [0.29, 0.717) is 6.54 Å². The molecule has 0 saturated heterocycles. The quantitative estimate of drug-likeness (QED) is 0.754. The Morgan fingerprint density at radius 2 is 1.68 bits per heavy atom. The van der Waals surface area contributed by atoms with Crippen LogP contribution in [0.3, 0.4) is 0 Å². The fourth-order valence-electron chi connectivity index (χ4n) is 3.07. The van der Waals surface area contributed by atoms with Gasteiger partial charge in [0, 0.05) is 19.6 Å². The first-order chi connectivity index (χ1) is 12.0. The van der Waals surface area contributed by atoms with E-state index in [-0.39, 0.29) is 14.9 Å². The molecule has 0 saturated carbocycles.